The molecular weight excluding hydrogens is 466 g/mol. The van der Waals surface area contributed by atoms with Crippen LogP contribution in [0.1, 0.15) is 12.8 Å². The molecular formula is C26H25N3O5S. The highest BCUT2D eigenvalue weighted by Gasteiger charge is 2.26. The summed E-state index contributed by atoms with van der Waals surface area (Å²) in [7, 11) is -2.01. The Morgan fingerprint density at radius 1 is 1.06 bits per heavy atom. The van der Waals surface area contributed by atoms with Gasteiger partial charge in [-0.2, -0.15) is 0 Å². The molecule has 0 bridgehead atoms. The number of hydrogen-bond acceptors (Lipinski definition) is 8. The molecule has 9 heteroatoms. The largest absolute Gasteiger partial charge is 0.495 e. The summed E-state index contributed by atoms with van der Waals surface area (Å²) in [6, 6.07) is 18.5. The smallest absolute Gasteiger partial charge is 0.299 e. The van der Waals surface area contributed by atoms with Gasteiger partial charge in [0, 0.05) is 23.9 Å². The summed E-state index contributed by atoms with van der Waals surface area (Å²) in [6.45, 7) is 0.604. The molecule has 0 amide bonds. The number of sulfone groups is 1. The Labute approximate surface area is 203 Å². The van der Waals surface area contributed by atoms with Crippen LogP contribution < -0.4 is 10.1 Å². The van der Waals surface area contributed by atoms with Gasteiger partial charge >= 0.3 is 0 Å². The standard InChI is InChI=1S/C26H25N3O5S/c1-32-24-11-10-21(35(30,31)17-20-8-5-13-33-20)15-23(24)29-26-28-16-25(34-26)19-7-4-6-18(14-19)22-9-2-3-12-27-22/h2-4,6-7,9-12,14-16,20H,5,8,13,17H2,1H3,(H,28,29). The number of oxazole rings is 1. The van der Waals surface area contributed by atoms with Gasteiger partial charge in [0.25, 0.3) is 6.01 Å². The van der Waals surface area contributed by atoms with Crippen LogP contribution in [0.3, 0.4) is 0 Å². The molecule has 0 aliphatic carbocycles. The molecule has 1 N–H and O–H groups in total. The van der Waals surface area contributed by atoms with E-state index in [-0.39, 0.29) is 22.8 Å². The maximum absolute atomic E-state index is 12.9. The minimum absolute atomic E-state index is 0.0471. The topological polar surface area (TPSA) is 104 Å². The van der Waals surface area contributed by atoms with Gasteiger partial charge in [-0.3, -0.25) is 4.98 Å². The van der Waals surface area contributed by atoms with E-state index in [1.807, 2.05) is 42.5 Å². The maximum Gasteiger partial charge on any atom is 0.299 e. The monoisotopic (exact) mass is 491 g/mol. The molecule has 0 saturated carbocycles. The molecule has 2 aromatic heterocycles. The number of benzene rings is 2. The van der Waals surface area contributed by atoms with Crippen molar-refractivity contribution in [1.29, 1.82) is 0 Å². The second-order valence-electron chi connectivity index (χ2n) is 8.23. The van der Waals surface area contributed by atoms with E-state index in [9.17, 15) is 8.42 Å². The molecule has 1 aliphatic heterocycles. The predicted molar refractivity (Wildman–Crippen MR) is 132 cm³/mol. The third-order valence-corrected chi connectivity index (χ3v) is 7.60. The van der Waals surface area contributed by atoms with Gasteiger partial charge < -0.3 is 19.2 Å². The number of rotatable bonds is 8. The van der Waals surface area contributed by atoms with Crippen molar-refractivity contribution < 1.29 is 22.3 Å². The molecule has 4 aromatic rings. The van der Waals surface area contributed by atoms with E-state index in [4.69, 9.17) is 13.9 Å². The predicted octanol–water partition coefficient (Wildman–Crippen LogP) is 5.11. The highest BCUT2D eigenvalue weighted by molar-refractivity contribution is 7.91. The van der Waals surface area contributed by atoms with Gasteiger partial charge in [-0.15, -0.1) is 0 Å². The minimum Gasteiger partial charge on any atom is -0.495 e. The normalized spacial score (nSPS) is 15.7. The zero-order chi connectivity index (χ0) is 24.3. The Bertz CT molecular complexity index is 1410. The summed E-state index contributed by atoms with van der Waals surface area (Å²) in [6.07, 6.45) is 4.73. The van der Waals surface area contributed by atoms with Crippen molar-refractivity contribution in [3.63, 3.8) is 0 Å². The number of anilines is 2. The third-order valence-electron chi connectivity index (χ3n) is 5.81. The molecule has 0 radical (unpaired) electrons. The van der Waals surface area contributed by atoms with Crippen LogP contribution in [0.25, 0.3) is 22.6 Å². The number of nitrogens with zero attached hydrogens (tertiary/aromatic N) is 2. The van der Waals surface area contributed by atoms with Gasteiger partial charge in [0.1, 0.15) is 5.75 Å². The number of pyridine rings is 1. The zero-order valence-corrected chi connectivity index (χ0v) is 20.0. The van der Waals surface area contributed by atoms with Crippen molar-refractivity contribution >= 4 is 21.5 Å². The second kappa shape index (κ2) is 9.89. The van der Waals surface area contributed by atoms with Crippen LogP contribution in [0, 0.1) is 0 Å². The van der Waals surface area contributed by atoms with E-state index in [2.05, 4.69) is 15.3 Å². The molecule has 1 aliphatic rings. The van der Waals surface area contributed by atoms with Crippen molar-refractivity contribution in [3.8, 4) is 28.3 Å². The molecule has 1 unspecified atom stereocenters. The average molecular weight is 492 g/mol. The van der Waals surface area contributed by atoms with Gasteiger partial charge in [-0.05, 0) is 49.2 Å². The Morgan fingerprint density at radius 3 is 2.71 bits per heavy atom. The Hall–Kier alpha value is -3.69. The lowest BCUT2D eigenvalue weighted by Gasteiger charge is -2.13. The van der Waals surface area contributed by atoms with Gasteiger partial charge in [0.05, 0.1) is 41.4 Å². The lowest BCUT2D eigenvalue weighted by molar-refractivity contribution is 0.127. The van der Waals surface area contributed by atoms with E-state index < -0.39 is 9.84 Å². The van der Waals surface area contributed by atoms with Gasteiger partial charge in [0.15, 0.2) is 15.6 Å². The molecule has 3 heterocycles. The average Bonchev–Trinajstić information content (AvgIpc) is 3.57. The molecule has 2 aromatic carbocycles. The molecule has 1 fully saturated rings. The number of methoxy groups -OCH3 is 1. The number of nitrogens with one attached hydrogen (secondary N) is 1. The lowest BCUT2D eigenvalue weighted by Crippen LogP contribution is -2.20. The van der Waals surface area contributed by atoms with Gasteiger partial charge in [0.2, 0.25) is 0 Å². The van der Waals surface area contributed by atoms with Crippen molar-refractivity contribution in [3.05, 3.63) is 73.1 Å². The highest BCUT2D eigenvalue weighted by atomic mass is 32.2. The second-order valence-corrected chi connectivity index (χ2v) is 10.3. The van der Waals surface area contributed by atoms with E-state index in [0.717, 1.165) is 29.7 Å². The Morgan fingerprint density at radius 2 is 1.94 bits per heavy atom. The van der Waals surface area contributed by atoms with Gasteiger partial charge in [-0.1, -0.05) is 24.3 Å². The summed E-state index contributed by atoms with van der Waals surface area (Å²) >= 11 is 0. The van der Waals surface area contributed by atoms with Crippen molar-refractivity contribution in [2.45, 2.75) is 23.8 Å². The first kappa shape index (κ1) is 23.1. The molecule has 180 valence electrons. The van der Waals surface area contributed by atoms with E-state index >= 15 is 0 Å². The number of aromatic nitrogens is 2. The van der Waals surface area contributed by atoms with E-state index in [1.54, 1.807) is 24.5 Å². The van der Waals surface area contributed by atoms with E-state index in [0.29, 0.717) is 23.8 Å². The molecule has 5 rings (SSSR count). The first-order chi connectivity index (χ1) is 17.0. The third kappa shape index (κ3) is 5.21. The Balaban J connectivity index is 1.38. The number of ether oxygens (including phenoxy) is 2. The van der Waals surface area contributed by atoms with Gasteiger partial charge in [-0.25, -0.2) is 13.4 Å². The van der Waals surface area contributed by atoms with Crippen LogP contribution in [0.4, 0.5) is 11.7 Å². The first-order valence-corrected chi connectivity index (χ1v) is 12.9. The van der Waals surface area contributed by atoms with Crippen LogP contribution in [0.2, 0.25) is 0 Å². The van der Waals surface area contributed by atoms with Crippen LogP contribution in [0.5, 0.6) is 5.75 Å². The highest BCUT2D eigenvalue weighted by Crippen LogP contribution is 2.33. The summed E-state index contributed by atoms with van der Waals surface area (Å²) in [5.74, 6) is 0.985. The summed E-state index contributed by atoms with van der Waals surface area (Å²) in [5.41, 5.74) is 3.10. The quantitative estimate of drug-likeness (QED) is 0.363. The molecule has 1 atom stereocenters. The van der Waals surface area contributed by atoms with Crippen molar-refractivity contribution in [2.24, 2.45) is 0 Å². The van der Waals surface area contributed by atoms with Crippen LogP contribution in [-0.4, -0.2) is 44.0 Å². The fourth-order valence-corrected chi connectivity index (χ4v) is 5.56. The summed E-state index contributed by atoms with van der Waals surface area (Å²) < 4.78 is 42.7. The van der Waals surface area contributed by atoms with Crippen molar-refractivity contribution in [1.82, 2.24) is 9.97 Å². The fraction of sp³-hybridized carbons (Fsp3) is 0.231. The fourth-order valence-electron chi connectivity index (χ4n) is 4.04. The van der Waals surface area contributed by atoms with Crippen LogP contribution >= 0.6 is 0 Å². The van der Waals surface area contributed by atoms with Crippen LogP contribution in [0.15, 0.2) is 82.4 Å². The summed E-state index contributed by atoms with van der Waals surface area (Å²) in [4.78, 5) is 8.90. The molecule has 8 nitrogen and oxygen atoms in total. The SMILES string of the molecule is COc1ccc(S(=O)(=O)CC2CCCO2)cc1Nc1ncc(-c2cccc(-c3ccccn3)c2)o1. The van der Waals surface area contributed by atoms with Crippen molar-refractivity contribution in [2.75, 3.05) is 24.8 Å². The van der Waals surface area contributed by atoms with E-state index in [1.165, 1.54) is 13.2 Å². The first-order valence-electron chi connectivity index (χ1n) is 11.3. The number of hydrogen-bond donors (Lipinski definition) is 1. The lowest BCUT2D eigenvalue weighted by atomic mass is 10.1. The summed E-state index contributed by atoms with van der Waals surface area (Å²) in [5, 5.41) is 3.06. The Kier molecular flexibility index (Phi) is 6.52. The zero-order valence-electron chi connectivity index (χ0n) is 19.2. The molecule has 0 spiro atoms. The minimum atomic E-state index is -3.53. The molecule has 1 saturated heterocycles. The maximum atomic E-state index is 12.9. The molecule has 35 heavy (non-hydrogen) atoms. The van der Waals surface area contributed by atoms with Crippen LogP contribution in [-0.2, 0) is 14.6 Å².